The molecule has 0 spiro atoms. The largest absolute Gasteiger partial charge is 0.419 e. The smallest absolute Gasteiger partial charge is 0.408 e. The number of fused-ring (bicyclic) bond motifs is 1. The molecule has 1 aliphatic rings. The van der Waals surface area contributed by atoms with Gasteiger partial charge >= 0.3 is 5.76 Å². The summed E-state index contributed by atoms with van der Waals surface area (Å²) in [5, 5.41) is 0. The Kier molecular flexibility index (Phi) is 2.74. The van der Waals surface area contributed by atoms with Crippen LogP contribution in [0.1, 0.15) is 11.6 Å². The van der Waals surface area contributed by atoms with Crippen molar-refractivity contribution in [2.24, 2.45) is 23.9 Å². The third-order valence-corrected chi connectivity index (χ3v) is 4.02. The van der Waals surface area contributed by atoms with Gasteiger partial charge in [-0.3, -0.25) is 4.57 Å². The molecule has 1 aliphatic heterocycles. The van der Waals surface area contributed by atoms with Crippen LogP contribution in [-0.2, 0) is 11.8 Å². The zero-order valence-electron chi connectivity index (χ0n) is 10.8. The van der Waals surface area contributed by atoms with Gasteiger partial charge in [0.15, 0.2) is 5.58 Å². The van der Waals surface area contributed by atoms with Crippen molar-refractivity contribution in [3.05, 3.63) is 34.3 Å². The average molecular weight is 263 g/mol. The van der Waals surface area contributed by atoms with Crippen LogP contribution in [0.4, 0.5) is 0 Å². The number of aryl methyl sites for hydroxylation is 1. The van der Waals surface area contributed by atoms with Gasteiger partial charge in [-0.15, -0.1) is 0 Å². The van der Waals surface area contributed by atoms with E-state index in [4.69, 9.17) is 20.6 Å². The molecule has 0 saturated carbocycles. The molecule has 2 aromatic rings. The second-order valence-electron chi connectivity index (χ2n) is 5.19. The van der Waals surface area contributed by atoms with Crippen LogP contribution in [0.2, 0.25) is 0 Å². The van der Waals surface area contributed by atoms with Crippen molar-refractivity contribution in [2.45, 2.75) is 6.04 Å². The van der Waals surface area contributed by atoms with Crippen LogP contribution >= 0.6 is 0 Å². The highest BCUT2D eigenvalue weighted by Gasteiger charge is 2.43. The number of oxazole rings is 1. The Morgan fingerprint density at radius 2 is 2.21 bits per heavy atom. The van der Waals surface area contributed by atoms with Crippen LogP contribution in [0.25, 0.3) is 11.1 Å². The molecule has 0 amide bonds. The van der Waals surface area contributed by atoms with E-state index in [0.29, 0.717) is 25.3 Å². The van der Waals surface area contributed by atoms with Gasteiger partial charge in [-0.05, 0) is 17.7 Å². The molecule has 2 heterocycles. The topological polar surface area (TPSA) is 96.4 Å². The maximum atomic E-state index is 11.5. The molecule has 3 rings (SSSR count). The Morgan fingerprint density at radius 3 is 2.79 bits per heavy atom. The summed E-state index contributed by atoms with van der Waals surface area (Å²) in [6, 6.07) is 5.36. The summed E-state index contributed by atoms with van der Waals surface area (Å²) in [5.74, 6) is -0.374. The maximum Gasteiger partial charge on any atom is 0.419 e. The molecule has 4 N–H and O–H groups in total. The van der Waals surface area contributed by atoms with Gasteiger partial charge in [-0.25, -0.2) is 4.79 Å². The normalized spacial score (nSPS) is 19.3. The molecule has 0 bridgehead atoms. The predicted octanol–water partition coefficient (Wildman–Crippen LogP) is 0.107. The minimum absolute atomic E-state index is 0.206. The molecule has 19 heavy (non-hydrogen) atoms. The van der Waals surface area contributed by atoms with Gasteiger partial charge < -0.3 is 20.6 Å². The third-order valence-electron chi connectivity index (χ3n) is 4.02. The first-order chi connectivity index (χ1) is 9.07. The molecular weight excluding hydrogens is 246 g/mol. The SMILES string of the molecule is Cn1c(=O)oc2cc(C(N)C3(CN)COC3)ccc21. The number of ether oxygens (including phenoxy) is 1. The summed E-state index contributed by atoms with van der Waals surface area (Å²) in [6.45, 7) is 1.62. The molecule has 1 fully saturated rings. The molecule has 1 atom stereocenters. The monoisotopic (exact) mass is 263 g/mol. The Bertz CT molecular complexity index is 664. The number of hydrogen-bond acceptors (Lipinski definition) is 5. The first-order valence-electron chi connectivity index (χ1n) is 6.20. The highest BCUT2D eigenvalue weighted by atomic mass is 16.5. The quantitative estimate of drug-likeness (QED) is 0.819. The van der Waals surface area contributed by atoms with Crippen LogP contribution in [0.15, 0.2) is 27.4 Å². The number of rotatable bonds is 3. The van der Waals surface area contributed by atoms with Crippen LogP contribution < -0.4 is 17.2 Å². The summed E-state index contributed by atoms with van der Waals surface area (Å²) in [4.78, 5) is 11.5. The van der Waals surface area contributed by atoms with Crippen LogP contribution in [-0.4, -0.2) is 24.3 Å². The summed E-state index contributed by atoms with van der Waals surface area (Å²) < 4.78 is 11.9. The number of nitrogens with zero attached hydrogens (tertiary/aromatic N) is 1. The van der Waals surface area contributed by atoms with Gasteiger partial charge in [-0.1, -0.05) is 6.07 Å². The maximum absolute atomic E-state index is 11.5. The van der Waals surface area contributed by atoms with Crippen LogP contribution in [0.5, 0.6) is 0 Å². The van der Waals surface area contributed by atoms with Gasteiger partial charge in [0.05, 0.1) is 18.7 Å². The lowest BCUT2D eigenvalue weighted by Crippen LogP contribution is -2.54. The van der Waals surface area contributed by atoms with Crippen molar-refractivity contribution in [1.82, 2.24) is 4.57 Å². The van der Waals surface area contributed by atoms with E-state index in [1.54, 1.807) is 7.05 Å². The summed E-state index contributed by atoms with van der Waals surface area (Å²) in [7, 11) is 1.68. The van der Waals surface area contributed by atoms with Crippen molar-refractivity contribution in [2.75, 3.05) is 19.8 Å². The van der Waals surface area contributed by atoms with Crippen molar-refractivity contribution in [3.8, 4) is 0 Å². The highest BCUT2D eigenvalue weighted by Crippen LogP contribution is 2.38. The van der Waals surface area contributed by atoms with E-state index >= 15 is 0 Å². The highest BCUT2D eigenvalue weighted by molar-refractivity contribution is 5.73. The lowest BCUT2D eigenvalue weighted by molar-refractivity contribution is -0.121. The van der Waals surface area contributed by atoms with Gasteiger partial charge in [0.2, 0.25) is 0 Å². The molecule has 1 unspecified atom stereocenters. The van der Waals surface area contributed by atoms with Crippen LogP contribution in [0.3, 0.4) is 0 Å². The zero-order chi connectivity index (χ0) is 13.6. The van der Waals surface area contributed by atoms with E-state index in [-0.39, 0.29) is 17.2 Å². The summed E-state index contributed by atoms with van der Waals surface area (Å²) in [5.41, 5.74) is 14.1. The van der Waals surface area contributed by atoms with E-state index in [0.717, 1.165) is 11.1 Å². The fourth-order valence-corrected chi connectivity index (χ4v) is 2.49. The van der Waals surface area contributed by atoms with E-state index < -0.39 is 0 Å². The molecule has 6 heteroatoms. The summed E-state index contributed by atoms with van der Waals surface area (Å²) >= 11 is 0. The second kappa shape index (κ2) is 4.19. The molecule has 0 radical (unpaired) electrons. The van der Waals surface area contributed by atoms with E-state index in [2.05, 4.69) is 0 Å². The minimum Gasteiger partial charge on any atom is -0.408 e. The lowest BCUT2D eigenvalue weighted by atomic mass is 9.75. The number of hydrogen-bond donors (Lipinski definition) is 2. The third kappa shape index (κ3) is 1.72. The Morgan fingerprint density at radius 1 is 1.47 bits per heavy atom. The fourth-order valence-electron chi connectivity index (χ4n) is 2.49. The minimum atomic E-state index is -0.374. The van der Waals surface area contributed by atoms with Crippen molar-refractivity contribution in [1.29, 1.82) is 0 Å². The lowest BCUT2D eigenvalue weighted by Gasteiger charge is -2.45. The number of benzene rings is 1. The van der Waals surface area contributed by atoms with Crippen LogP contribution in [0, 0.1) is 5.41 Å². The average Bonchev–Trinajstić information content (AvgIpc) is 2.64. The van der Waals surface area contributed by atoms with Gasteiger partial charge in [0, 0.05) is 25.0 Å². The standard InChI is InChI=1S/C13H17N3O3/c1-16-9-3-2-8(4-10(9)19-12(16)17)11(15)13(5-14)6-18-7-13/h2-4,11H,5-7,14-15H2,1H3. The molecule has 6 nitrogen and oxygen atoms in total. The van der Waals surface area contributed by atoms with E-state index in [1.165, 1.54) is 4.57 Å². The molecule has 1 saturated heterocycles. The van der Waals surface area contributed by atoms with E-state index in [1.807, 2.05) is 18.2 Å². The zero-order valence-corrected chi connectivity index (χ0v) is 10.8. The first-order valence-corrected chi connectivity index (χ1v) is 6.20. The Hall–Kier alpha value is -1.63. The molecular formula is C13H17N3O3. The summed E-state index contributed by atoms with van der Waals surface area (Å²) in [6.07, 6.45) is 0. The molecule has 102 valence electrons. The van der Waals surface area contributed by atoms with Crippen molar-refractivity contribution < 1.29 is 9.15 Å². The molecule has 1 aromatic heterocycles. The number of aromatic nitrogens is 1. The van der Waals surface area contributed by atoms with Crippen molar-refractivity contribution in [3.63, 3.8) is 0 Å². The van der Waals surface area contributed by atoms with Gasteiger partial charge in [-0.2, -0.15) is 0 Å². The number of nitrogens with two attached hydrogens (primary N) is 2. The fraction of sp³-hybridized carbons (Fsp3) is 0.462. The Balaban J connectivity index is 2.03. The van der Waals surface area contributed by atoms with E-state index in [9.17, 15) is 4.79 Å². The molecule has 0 aliphatic carbocycles. The predicted molar refractivity (Wildman–Crippen MR) is 70.7 cm³/mol. The van der Waals surface area contributed by atoms with Gasteiger partial charge in [0.1, 0.15) is 0 Å². The molecule has 1 aromatic carbocycles. The van der Waals surface area contributed by atoms with Gasteiger partial charge in [0.25, 0.3) is 0 Å². The Labute approximate surface area is 109 Å². The first kappa shape index (κ1) is 12.4. The second-order valence-corrected chi connectivity index (χ2v) is 5.19. The van der Waals surface area contributed by atoms with Crippen molar-refractivity contribution >= 4 is 11.1 Å².